The van der Waals surface area contributed by atoms with E-state index in [1.54, 1.807) is 66.7 Å². The van der Waals surface area contributed by atoms with E-state index >= 15 is 0 Å². The number of ether oxygens (including phenoxy) is 2. The molecule has 21 heteroatoms. The molecule has 0 aliphatic carbocycles. The van der Waals surface area contributed by atoms with Crippen molar-refractivity contribution >= 4 is 48.0 Å². The highest BCUT2D eigenvalue weighted by molar-refractivity contribution is 7.91. The van der Waals surface area contributed by atoms with Crippen molar-refractivity contribution in [3.05, 3.63) is 89.5 Å². The molecule has 8 atom stereocenters. The summed E-state index contributed by atoms with van der Waals surface area (Å²) in [5, 5.41) is 28.7. The highest BCUT2D eigenvalue weighted by atomic mass is 32.3. The van der Waals surface area contributed by atoms with E-state index in [0.717, 1.165) is 6.42 Å². The Morgan fingerprint density at radius 1 is 0.966 bits per heavy atom. The zero-order valence-corrected chi connectivity index (χ0v) is 35.2. The lowest BCUT2D eigenvalue weighted by atomic mass is 9.69. The predicted molar refractivity (Wildman–Crippen MR) is 211 cm³/mol. The lowest BCUT2D eigenvalue weighted by Crippen LogP contribution is -2.65. The van der Waals surface area contributed by atoms with Crippen LogP contribution in [0.1, 0.15) is 62.1 Å². The predicted octanol–water partition coefficient (Wildman–Crippen LogP) is 2.73. The van der Waals surface area contributed by atoms with E-state index in [1.165, 1.54) is 6.07 Å². The Bertz CT molecular complexity index is 2260. The summed E-state index contributed by atoms with van der Waals surface area (Å²) >= 11 is 0. The van der Waals surface area contributed by atoms with Crippen LogP contribution in [-0.4, -0.2) is 114 Å². The molecule has 2 aliphatic rings. The van der Waals surface area contributed by atoms with E-state index in [2.05, 4.69) is 19.0 Å². The molecule has 2 aliphatic heterocycles. The highest BCUT2D eigenvalue weighted by Gasteiger charge is 2.50. The number of nitrogens with one attached hydrogen (secondary N) is 2. The first-order valence-electron chi connectivity index (χ1n) is 18.8. The molecule has 0 aromatic heterocycles. The number of amides is 2. The van der Waals surface area contributed by atoms with Crippen molar-refractivity contribution in [1.82, 2.24) is 5.32 Å². The van der Waals surface area contributed by atoms with Crippen molar-refractivity contribution in [2.24, 2.45) is 5.41 Å². The van der Waals surface area contributed by atoms with E-state index in [1.807, 2.05) is 32.8 Å². The Labute approximate surface area is 344 Å². The number of carbonyl (C=O) groups excluding carboxylic acids is 1. The maximum Gasteiger partial charge on any atom is 0.321 e. The number of anilines is 2. The molecule has 0 radical (unpaired) electrons. The van der Waals surface area contributed by atoms with E-state index in [-0.39, 0.29) is 22.9 Å². The monoisotopic (exact) mass is 883 g/mol. The van der Waals surface area contributed by atoms with Gasteiger partial charge in [0, 0.05) is 36.8 Å². The number of hydrogen-bond donors (Lipinski definition) is 4. The van der Waals surface area contributed by atoms with E-state index in [4.69, 9.17) is 9.47 Å². The second kappa shape index (κ2) is 18.9. The number of rotatable bonds is 16. The maximum absolute atomic E-state index is 14.1. The number of carbonyl (C=O) groups is 1. The van der Waals surface area contributed by atoms with Crippen molar-refractivity contribution in [2.75, 3.05) is 36.7 Å². The number of sulfone groups is 1. The summed E-state index contributed by atoms with van der Waals surface area (Å²) in [6.45, 7) is 2.36. The molecular formula is C38H49N3O15S3-2. The summed E-state index contributed by atoms with van der Waals surface area (Å²) in [5.41, 5.74) is 1.27. The summed E-state index contributed by atoms with van der Waals surface area (Å²) in [5.74, 6) is -1.12. The first kappa shape index (κ1) is 46.3. The average Bonchev–Trinajstić information content (AvgIpc) is 3.23. The fourth-order valence-electron chi connectivity index (χ4n) is 7.65. The van der Waals surface area contributed by atoms with Crippen LogP contribution in [0.4, 0.5) is 16.2 Å². The van der Waals surface area contributed by atoms with Gasteiger partial charge in [-0.2, -0.15) is 0 Å². The Kier molecular flexibility index (Phi) is 14.8. The first-order valence-corrected chi connectivity index (χ1v) is 23.1. The molecule has 2 amide bonds. The Balaban J connectivity index is 1.47. The Morgan fingerprint density at radius 3 is 2.31 bits per heavy atom. The minimum atomic E-state index is -5.55. The van der Waals surface area contributed by atoms with Crippen LogP contribution in [0.5, 0.6) is 0 Å². The summed E-state index contributed by atoms with van der Waals surface area (Å²) in [6.07, 6.45) is -8.36. The number of aliphatic hydroxyl groups is 2. The number of urea groups is 1. The smallest absolute Gasteiger partial charge is 0.321 e. The lowest BCUT2D eigenvalue weighted by molar-refractivity contribution is -0.240. The van der Waals surface area contributed by atoms with Gasteiger partial charge in [-0.25, -0.2) is 30.0 Å². The van der Waals surface area contributed by atoms with Crippen LogP contribution in [0, 0.1) is 5.41 Å². The second-order valence-corrected chi connectivity index (χ2v) is 18.9. The van der Waals surface area contributed by atoms with E-state index in [0.29, 0.717) is 41.6 Å². The van der Waals surface area contributed by atoms with Crippen molar-refractivity contribution in [3.8, 4) is 0 Å². The number of fused-ring (bicyclic) bond motifs is 1. The molecule has 1 fully saturated rings. The zero-order valence-electron chi connectivity index (χ0n) is 32.8. The van der Waals surface area contributed by atoms with Crippen LogP contribution in [0.15, 0.2) is 77.7 Å². The normalized spacial score (nSPS) is 26.9. The summed E-state index contributed by atoms with van der Waals surface area (Å²) in [6, 6.07) is 18.7. The van der Waals surface area contributed by atoms with Crippen molar-refractivity contribution in [3.63, 3.8) is 0 Å². The molecule has 59 heavy (non-hydrogen) atoms. The summed E-state index contributed by atoms with van der Waals surface area (Å²) in [7, 11) is -11.2. The third kappa shape index (κ3) is 11.6. The molecule has 1 saturated heterocycles. The molecule has 4 N–H and O–H groups in total. The molecule has 3 aromatic carbocycles. The maximum atomic E-state index is 14.1. The van der Waals surface area contributed by atoms with Crippen molar-refractivity contribution in [1.29, 1.82) is 0 Å². The number of aliphatic hydroxyl groups excluding tert-OH is 2. The van der Waals surface area contributed by atoms with Gasteiger partial charge < -0.3 is 44.3 Å². The summed E-state index contributed by atoms with van der Waals surface area (Å²) in [4.78, 5) is 15.5. The average molecular weight is 884 g/mol. The number of nitrogens with zero attached hydrogens (tertiary/aromatic N) is 1. The van der Waals surface area contributed by atoms with Crippen LogP contribution in [0.2, 0.25) is 0 Å². The molecule has 0 bridgehead atoms. The molecule has 0 saturated carbocycles. The Hall–Kier alpha value is -3.74. The van der Waals surface area contributed by atoms with Gasteiger partial charge >= 0.3 is 6.03 Å². The van der Waals surface area contributed by atoms with Gasteiger partial charge in [-0.1, -0.05) is 69.2 Å². The first-order chi connectivity index (χ1) is 27.7. The van der Waals surface area contributed by atoms with Gasteiger partial charge in [0.05, 0.1) is 30.0 Å². The third-order valence-corrected chi connectivity index (χ3v) is 13.5. The molecule has 5 rings (SSSR count). The summed E-state index contributed by atoms with van der Waals surface area (Å²) < 4.78 is 118. The van der Waals surface area contributed by atoms with Gasteiger partial charge in [-0.05, 0) is 59.9 Å². The largest absolute Gasteiger partial charge is 0.726 e. The quantitative estimate of drug-likeness (QED) is 0.119. The lowest BCUT2D eigenvalue weighted by Gasteiger charge is -2.44. The van der Waals surface area contributed by atoms with Gasteiger partial charge in [0.25, 0.3) is 0 Å². The SMILES string of the molecule is CCCC[C@]1(CC)CS(=O)(=O)c2ccc(N(C)C)cc2[C@H](c2cccc(NC(=O)N[C@@H]3OC(COS(=O)(=O)[O-])[C@@H](OS(=O)(=O)[O-])[C@H](OCc4ccccc4)[C@H]3O)c2)[C@@H]1O. The Morgan fingerprint density at radius 2 is 1.68 bits per heavy atom. The highest BCUT2D eigenvalue weighted by Crippen LogP contribution is 2.49. The van der Waals surface area contributed by atoms with Crippen LogP contribution >= 0.6 is 0 Å². The fraction of sp³-hybridized carbons (Fsp3) is 0.500. The molecule has 3 aromatic rings. The topological polar surface area (TPSA) is 270 Å². The molecule has 0 spiro atoms. The van der Waals surface area contributed by atoms with E-state index in [9.17, 15) is 49.4 Å². The van der Waals surface area contributed by atoms with Crippen molar-refractivity contribution in [2.45, 2.75) is 93.7 Å². The van der Waals surface area contributed by atoms with Gasteiger partial charge in [0.1, 0.15) is 24.4 Å². The van der Waals surface area contributed by atoms with Crippen LogP contribution < -0.4 is 15.5 Å². The standard InChI is InChI=1S/C38H51N3O15S3/c1-5-7-18-38(6-2)23-57(45,46)30-17-16-27(41(3)4)20-28(30)31(35(38)43)25-14-11-15-26(19-25)39-37(44)40-36-32(42)34(53-21-24-12-9-8-10-13-24)33(56-59(50,51)52)29(55-36)22-54-58(47,48)49/h8-17,19-20,29,31-36,42-43H,5-7,18,21-23H2,1-4H3,(H2,39,40,44)(H,47,48,49)(H,50,51,52)/p-2/t29?,31-,32+,33+,34+,35-,36+,38+/m0/s1. The third-order valence-electron chi connectivity index (χ3n) is 10.7. The zero-order chi connectivity index (χ0) is 43.3. The molecular weight excluding hydrogens is 835 g/mol. The van der Waals surface area contributed by atoms with Crippen LogP contribution in [0.25, 0.3) is 0 Å². The number of hydrogen-bond acceptors (Lipinski definition) is 16. The molecule has 18 nitrogen and oxygen atoms in total. The fourth-order valence-corrected chi connectivity index (χ4v) is 10.7. The van der Waals surface area contributed by atoms with Gasteiger partial charge in [-0.15, -0.1) is 0 Å². The number of benzene rings is 3. The van der Waals surface area contributed by atoms with Gasteiger partial charge in [0.2, 0.25) is 20.8 Å². The second-order valence-electron chi connectivity index (χ2n) is 14.9. The van der Waals surface area contributed by atoms with Crippen LogP contribution in [-0.2, 0) is 55.1 Å². The van der Waals surface area contributed by atoms with Crippen molar-refractivity contribution < 1.29 is 67.2 Å². The van der Waals surface area contributed by atoms with E-state index < -0.39 is 91.4 Å². The number of unbranched alkanes of at least 4 members (excludes halogenated alkanes) is 1. The molecule has 1 unspecified atom stereocenters. The minimum absolute atomic E-state index is 0.0953. The molecule has 326 valence electrons. The molecule has 2 heterocycles. The minimum Gasteiger partial charge on any atom is -0.726 e. The van der Waals surface area contributed by atoms with Gasteiger partial charge in [-0.3, -0.25) is 8.37 Å². The van der Waals surface area contributed by atoms with Crippen LogP contribution in [0.3, 0.4) is 0 Å². The van der Waals surface area contributed by atoms with Gasteiger partial charge in [0.15, 0.2) is 16.1 Å².